The number of pyridine rings is 1. The summed E-state index contributed by atoms with van der Waals surface area (Å²) in [6, 6.07) is 10.7. The van der Waals surface area contributed by atoms with E-state index in [2.05, 4.69) is 28.9 Å². The van der Waals surface area contributed by atoms with Gasteiger partial charge in [-0.15, -0.1) is 0 Å². The Hall–Kier alpha value is -3.98. The van der Waals surface area contributed by atoms with E-state index in [0.717, 1.165) is 43.9 Å². The molecule has 0 saturated heterocycles. The molecular weight excluding hydrogens is 535 g/mol. The summed E-state index contributed by atoms with van der Waals surface area (Å²) in [7, 11) is 1.89. The van der Waals surface area contributed by atoms with Gasteiger partial charge in [-0.1, -0.05) is 31.4 Å². The molecule has 216 valence electrons. The predicted octanol–water partition coefficient (Wildman–Crippen LogP) is 8.27. The molecule has 1 fully saturated rings. The number of nitrogens with zero attached hydrogens (tertiary/aromatic N) is 2. The number of halogens is 5. The van der Waals surface area contributed by atoms with Gasteiger partial charge >= 0.3 is 0 Å². The lowest BCUT2D eigenvalue weighted by atomic mass is 9.69. The van der Waals surface area contributed by atoms with Gasteiger partial charge in [-0.3, -0.25) is 0 Å². The Kier molecular flexibility index (Phi) is 8.68. The minimum atomic E-state index is -3.12. The molecule has 9 heteroatoms. The SMILES string of the molecule is C=CNN(C)C1(/C(C)=C(\Cc2cccc(F)c2F)C(=C)Nc2ccc(C(C)(F)F)cc2-c2ccc(F)nc2)CCC1. The molecule has 0 atom stereocenters. The van der Waals surface area contributed by atoms with E-state index in [9.17, 15) is 22.0 Å². The van der Waals surface area contributed by atoms with Crippen LogP contribution >= 0.6 is 0 Å². The van der Waals surface area contributed by atoms with E-state index in [1.54, 1.807) is 6.20 Å². The van der Waals surface area contributed by atoms with Gasteiger partial charge < -0.3 is 10.7 Å². The maximum absolute atomic E-state index is 14.9. The highest BCUT2D eigenvalue weighted by Crippen LogP contribution is 2.45. The highest BCUT2D eigenvalue weighted by Gasteiger charge is 2.44. The fourth-order valence-electron chi connectivity index (χ4n) is 5.29. The van der Waals surface area contributed by atoms with Crippen LogP contribution in [0.3, 0.4) is 0 Å². The van der Waals surface area contributed by atoms with E-state index in [4.69, 9.17) is 0 Å². The van der Waals surface area contributed by atoms with Crippen molar-refractivity contribution >= 4 is 5.69 Å². The van der Waals surface area contributed by atoms with Crippen molar-refractivity contribution in [1.29, 1.82) is 0 Å². The van der Waals surface area contributed by atoms with E-state index in [1.165, 1.54) is 42.6 Å². The maximum Gasteiger partial charge on any atom is 0.270 e. The zero-order valence-corrected chi connectivity index (χ0v) is 23.3. The number of rotatable bonds is 11. The second-order valence-corrected chi connectivity index (χ2v) is 10.4. The average molecular weight is 569 g/mol. The summed E-state index contributed by atoms with van der Waals surface area (Å²) in [4.78, 5) is 3.68. The number of likely N-dealkylation sites (N-methyl/N-ethyl adjacent to an activating group) is 1. The van der Waals surface area contributed by atoms with Crippen molar-refractivity contribution in [2.45, 2.75) is 51.0 Å². The molecule has 0 bridgehead atoms. The minimum absolute atomic E-state index is 0.0312. The first-order valence-corrected chi connectivity index (χ1v) is 13.2. The first kappa shape index (κ1) is 30.0. The molecule has 2 aromatic carbocycles. The van der Waals surface area contributed by atoms with Gasteiger partial charge in [0.1, 0.15) is 0 Å². The van der Waals surface area contributed by atoms with Gasteiger partial charge in [0.2, 0.25) is 5.95 Å². The van der Waals surface area contributed by atoms with Gasteiger partial charge in [-0.25, -0.2) is 27.6 Å². The van der Waals surface area contributed by atoms with Crippen LogP contribution in [-0.2, 0) is 12.3 Å². The van der Waals surface area contributed by atoms with Crippen LogP contribution in [0.2, 0.25) is 0 Å². The molecule has 41 heavy (non-hydrogen) atoms. The summed E-state index contributed by atoms with van der Waals surface area (Å²) in [5.41, 5.74) is 5.72. The number of aromatic nitrogens is 1. The molecule has 4 nitrogen and oxygen atoms in total. The Balaban J connectivity index is 1.82. The van der Waals surface area contributed by atoms with Crippen LogP contribution in [-0.4, -0.2) is 22.6 Å². The van der Waals surface area contributed by atoms with Crippen LogP contribution in [0.1, 0.15) is 44.2 Å². The molecule has 4 rings (SSSR count). The number of anilines is 1. The molecule has 0 spiro atoms. The number of nitrogens with one attached hydrogen (secondary N) is 2. The molecule has 0 radical (unpaired) electrons. The molecule has 1 aliphatic carbocycles. The van der Waals surface area contributed by atoms with Crippen molar-refractivity contribution in [3.05, 3.63) is 120 Å². The lowest BCUT2D eigenvalue weighted by molar-refractivity contribution is 0.0175. The zero-order valence-electron chi connectivity index (χ0n) is 23.3. The second kappa shape index (κ2) is 11.9. The third kappa shape index (κ3) is 6.20. The van der Waals surface area contributed by atoms with E-state index >= 15 is 0 Å². The van der Waals surface area contributed by atoms with Gasteiger partial charge in [0.05, 0.1) is 5.54 Å². The molecule has 1 saturated carbocycles. The summed E-state index contributed by atoms with van der Waals surface area (Å²) in [5.74, 6) is -5.72. The second-order valence-electron chi connectivity index (χ2n) is 10.4. The van der Waals surface area contributed by atoms with Gasteiger partial charge in [0.25, 0.3) is 5.92 Å². The highest BCUT2D eigenvalue weighted by atomic mass is 19.3. The molecule has 0 aliphatic heterocycles. The third-order valence-corrected chi connectivity index (χ3v) is 7.87. The van der Waals surface area contributed by atoms with E-state index in [1.807, 2.05) is 19.0 Å². The van der Waals surface area contributed by atoms with Crippen LogP contribution in [0, 0.1) is 17.6 Å². The topological polar surface area (TPSA) is 40.2 Å². The molecule has 1 heterocycles. The fourth-order valence-corrected chi connectivity index (χ4v) is 5.29. The van der Waals surface area contributed by atoms with E-state index in [0.29, 0.717) is 28.1 Å². The van der Waals surface area contributed by atoms with Crippen molar-refractivity contribution in [1.82, 2.24) is 15.4 Å². The smallest absolute Gasteiger partial charge is 0.270 e. The minimum Gasteiger partial charge on any atom is -0.355 e. The molecular formula is C32H33F5N4. The van der Waals surface area contributed by atoms with Gasteiger partial charge in [-0.2, -0.15) is 4.39 Å². The van der Waals surface area contributed by atoms with Crippen molar-refractivity contribution in [3.63, 3.8) is 0 Å². The normalized spacial score (nSPS) is 15.1. The predicted molar refractivity (Wildman–Crippen MR) is 152 cm³/mol. The molecule has 2 N–H and O–H groups in total. The summed E-state index contributed by atoms with van der Waals surface area (Å²) in [5, 5.41) is 5.18. The monoisotopic (exact) mass is 568 g/mol. The van der Waals surface area contributed by atoms with Crippen LogP contribution < -0.4 is 10.7 Å². The third-order valence-electron chi connectivity index (χ3n) is 7.87. The average Bonchev–Trinajstić information content (AvgIpc) is 2.89. The maximum atomic E-state index is 14.9. The Labute approximate surface area is 237 Å². The summed E-state index contributed by atoms with van der Waals surface area (Å²) >= 11 is 0. The first-order valence-electron chi connectivity index (χ1n) is 13.2. The summed E-state index contributed by atoms with van der Waals surface area (Å²) in [6.07, 6.45) is 5.45. The molecule has 1 aromatic heterocycles. The van der Waals surface area contributed by atoms with Crippen LogP contribution in [0.25, 0.3) is 11.1 Å². The highest BCUT2D eigenvalue weighted by molar-refractivity contribution is 5.80. The quantitative estimate of drug-likeness (QED) is 0.106. The van der Waals surface area contributed by atoms with E-state index < -0.39 is 29.0 Å². The molecule has 3 aromatic rings. The number of hydrogen-bond acceptors (Lipinski definition) is 4. The number of hydrogen-bond donors (Lipinski definition) is 2. The van der Waals surface area contributed by atoms with Crippen molar-refractivity contribution in [3.8, 4) is 11.1 Å². The Morgan fingerprint density at radius 2 is 1.85 bits per heavy atom. The molecule has 1 aliphatic rings. The van der Waals surface area contributed by atoms with Crippen LogP contribution in [0.5, 0.6) is 0 Å². The summed E-state index contributed by atoms with van der Waals surface area (Å²) in [6.45, 7) is 10.7. The zero-order chi connectivity index (χ0) is 29.9. The van der Waals surface area contributed by atoms with Crippen molar-refractivity contribution < 1.29 is 22.0 Å². The molecule has 0 amide bonds. The largest absolute Gasteiger partial charge is 0.355 e. The van der Waals surface area contributed by atoms with Gasteiger partial charge in [-0.05, 0) is 73.2 Å². The van der Waals surface area contributed by atoms with E-state index in [-0.39, 0.29) is 17.5 Å². The van der Waals surface area contributed by atoms with Crippen LogP contribution in [0.4, 0.5) is 27.6 Å². The summed E-state index contributed by atoms with van der Waals surface area (Å²) < 4.78 is 71.1. The Bertz CT molecular complexity index is 1470. The van der Waals surface area contributed by atoms with Gasteiger partial charge in [0.15, 0.2) is 11.6 Å². The van der Waals surface area contributed by atoms with Crippen LogP contribution in [0.15, 0.2) is 90.9 Å². The lowest BCUT2D eigenvalue weighted by Gasteiger charge is -2.50. The number of allylic oxidation sites excluding steroid dienone is 1. The molecule has 0 unspecified atom stereocenters. The lowest BCUT2D eigenvalue weighted by Crippen LogP contribution is -2.57. The Morgan fingerprint density at radius 3 is 2.44 bits per heavy atom. The standard InChI is InChI=1S/C32H33F5N4/c1-6-39-41(5)32(15-8-16-32)20(2)25(17-22-9-7-10-27(33)30(22)35)21(3)40-28-13-12-24(31(4,36)37)18-26(28)23-11-14-29(34)38-19-23/h6-7,9-14,18-19,39-40H,1,3,8,15-17H2,2,4-5H3/b25-20+. The number of benzene rings is 2. The van der Waals surface area contributed by atoms with Crippen molar-refractivity contribution in [2.24, 2.45) is 0 Å². The fraction of sp³-hybridized carbons (Fsp3) is 0.281. The number of alkyl halides is 2. The van der Waals surface area contributed by atoms with Gasteiger partial charge in [0, 0.05) is 60.9 Å². The van der Waals surface area contributed by atoms with Crippen molar-refractivity contribution in [2.75, 3.05) is 12.4 Å². The Morgan fingerprint density at radius 1 is 1.12 bits per heavy atom. The number of hydrazine groups is 1. The first-order chi connectivity index (χ1) is 19.4.